The van der Waals surface area contributed by atoms with Gasteiger partial charge in [0.15, 0.2) is 5.71 Å². The zero-order valence-corrected chi connectivity index (χ0v) is 20.8. The van der Waals surface area contributed by atoms with Crippen LogP contribution in [-0.2, 0) is 14.4 Å². The van der Waals surface area contributed by atoms with Crippen LogP contribution >= 0.6 is 35.3 Å². The van der Waals surface area contributed by atoms with Gasteiger partial charge in [-0.25, -0.2) is 9.78 Å². The summed E-state index contributed by atoms with van der Waals surface area (Å²) in [6.45, 7) is 0.507. The number of oxime groups is 1. The smallest absolute Gasteiger partial charge is 0.353 e. The van der Waals surface area contributed by atoms with Crippen LogP contribution in [0.5, 0.6) is 0 Å². The third-order valence-corrected chi connectivity index (χ3v) is 8.39. The highest BCUT2D eigenvalue weighted by Gasteiger charge is 2.54. The topological polar surface area (TPSA) is 210 Å². The Labute approximate surface area is 217 Å². The minimum Gasteiger partial charge on any atom is -0.477 e. The van der Waals surface area contributed by atoms with Crippen LogP contribution in [0.25, 0.3) is 0 Å². The first-order valence-electron chi connectivity index (χ1n) is 10.4. The number of carbonyl (C=O) groups excluding carboxylic acids is 2. The summed E-state index contributed by atoms with van der Waals surface area (Å²) >= 11 is 3.86. The van der Waals surface area contributed by atoms with Gasteiger partial charge in [0.05, 0.1) is 0 Å². The van der Waals surface area contributed by atoms with Gasteiger partial charge in [0.1, 0.15) is 38.7 Å². The number of carbonyl (C=O) groups is 3. The first kappa shape index (κ1) is 25.7. The molecule has 2 aliphatic heterocycles. The highest BCUT2D eigenvalue weighted by Crippen LogP contribution is 2.44. The maximum absolute atomic E-state index is 12.9. The Morgan fingerprint density at radius 1 is 1.25 bits per heavy atom. The van der Waals surface area contributed by atoms with E-state index in [1.54, 1.807) is 12.1 Å². The van der Waals surface area contributed by atoms with Gasteiger partial charge in [-0.3, -0.25) is 14.5 Å². The van der Waals surface area contributed by atoms with Gasteiger partial charge >= 0.3 is 5.97 Å². The molecule has 7 N–H and O–H groups in total. The van der Waals surface area contributed by atoms with Crippen molar-refractivity contribution in [3.05, 3.63) is 46.6 Å². The Bertz CT molecular complexity index is 1260. The lowest BCUT2D eigenvalue weighted by Gasteiger charge is -2.49. The molecule has 0 radical (unpaired) electrons. The number of nitrogens with zero attached hydrogens (tertiary/aromatic N) is 5. The molecule has 188 valence electrons. The Morgan fingerprint density at radius 3 is 2.64 bits per heavy atom. The van der Waals surface area contributed by atoms with Crippen molar-refractivity contribution in [2.75, 3.05) is 23.8 Å². The number of amides is 2. The van der Waals surface area contributed by atoms with Crippen molar-refractivity contribution in [2.24, 2.45) is 10.9 Å². The summed E-state index contributed by atoms with van der Waals surface area (Å²) in [5.74, 6) is -1.64. The number of β-lactam (4-membered cyclic amide) rings is 1. The lowest BCUT2D eigenvalue weighted by molar-refractivity contribution is -0.150. The number of nitrogens with one attached hydrogen (secondary N) is 1. The lowest BCUT2D eigenvalue weighted by atomic mass is 10.0. The molecule has 1 unspecified atom stereocenters. The molecular formula is C20H20N8O5S3. The molecule has 0 spiro atoms. The molecule has 2 aromatic heterocycles. The van der Waals surface area contributed by atoms with Gasteiger partial charge in [-0.1, -0.05) is 23.0 Å². The van der Waals surface area contributed by atoms with Crippen LogP contribution in [-0.4, -0.2) is 83.4 Å². The fourth-order valence-electron chi connectivity index (χ4n) is 3.40. The summed E-state index contributed by atoms with van der Waals surface area (Å²) in [5.41, 5.74) is 10.5. The average molecular weight is 549 g/mol. The number of carboxylic acid groups (broad SMARTS) is 1. The standard InChI is InChI=1S/C20H20N8O5S3/c21-6-7-34-12-4-5-13(26-25-12)36-10-8-35-19-15(18(30)28(19)16(10)20(31)32)24-17(29)14(27-33)9-2-1-3-11(22)23-9/h1-5,15,19,33H,6-8,21H2,(H2,22,23)(H,24,29)(H,31,32)/b27-14-/t15-,19?/m1/s1. The van der Waals surface area contributed by atoms with Gasteiger partial charge in [0.2, 0.25) is 0 Å². The predicted octanol–water partition coefficient (Wildman–Crippen LogP) is 0.171. The van der Waals surface area contributed by atoms with Crippen molar-refractivity contribution in [3.63, 3.8) is 0 Å². The van der Waals surface area contributed by atoms with E-state index in [-0.39, 0.29) is 23.0 Å². The number of pyridine rings is 1. The van der Waals surface area contributed by atoms with Gasteiger partial charge in [-0.2, -0.15) is 0 Å². The van der Waals surface area contributed by atoms with Crippen molar-refractivity contribution in [1.82, 2.24) is 25.4 Å². The van der Waals surface area contributed by atoms with Crippen molar-refractivity contribution in [2.45, 2.75) is 21.5 Å². The molecule has 1 saturated heterocycles. The maximum atomic E-state index is 12.9. The summed E-state index contributed by atoms with van der Waals surface area (Å²) in [6.07, 6.45) is 0. The van der Waals surface area contributed by atoms with Crippen LogP contribution in [0.3, 0.4) is 0 Å². The summed E-state index contributed by atoms with van der Waals surface area (Å²) in [7, 11) is 0. The van der Waals surface area contributed by atoms with E-state index in [0.717, 1.165) is 16.7 Å². The van der Waals surface area contributed by atoms with E-state index in [2.05, 4.69) is 25.7 Å². The maximum Gasteiger partial charge on any atom is 0.353 e. The largest absolute Gasteiger partial charge is 0.477 e. The van der Waals surface area contributed by atoms with E-state index in [1.165, 1.54) is 41.7 Å². The molecule has 2 atom stereocenters. The van der Waals surface area contributed by atoms with E-state index >= 15 is 0 Å². The summed E-state index contributed by atoms with van der Waals surface area (Å²) < 4.78 is 0. The number of nitrogen functional groups attached to an aromatic ring is 1. The Kier molecular flexibility index (Phi) is 7.97. The Morgan fingerprint density at radius 2 is 2.00 bits per heavy atom. The molecule has 0 aromatic carbocycles. The van der Waals surface area contributed by atoms with Crippen LogP contribution < -0.4 is 16.8 Å². The van der Waals surface area contributed by atoms with Gasteiger partial charge in [0.25, 0.3) is 11.8 Å². The Balaban J connectivity index is 1.48. The number of thioether (sulfide) groups is 3. The SMILES string of the molecule is NCCSc1ccc(SC2=C(C(=O)O)N3C(=O)[C@@H](NC(=O)/C(=N\O)c4cccc(N)n4)C3SC2)nn1. The van der Waals surface area contributed by atoms with Crippen molar-refractivity contribution in [3.8, 4) is 0 Å². The minimum atomic E-state index is -1.27. The Hall–Kier alpha value is -3.34. The number of nitrogens with two attached hydrogens (primary N) is 2. The first-order chi connectivity index (χ1) is 17.3. The van der Waals surface area contributed by atoms with Gasteiger partial charge in [-0.15, -0.1) is 33.7 Å². The summed E-state index contributed by atoms with van der Waals surface area (Å²) in [5, 5.41) is 33.4. The fraction of sp³-hybridized carbons (Fsp3) is 0.250. The molecular weight excluding hydrogens is 528 g/mol. The normalized spacial score (nSPS) is 19.5. The van der Waals surface area contributed by atoms with Crippen molar-refractivity contribution < 1.29 is 24.7 Å². The molecule has 0 saturated carbocycles. The van der Waals surface area contributed by atoms with Gasteiger partial charge in [-0.05, 0) is 24.3 Å². The second-order valence-corrected chi connectivity index (χ2v) is 10.6. The summed E-state index contributed by atoms with van der Waals surface area (Å²) in [4.78, 5) is 43.2. The molecule has 2 aliphatic rings. The van der Waals surface area contributed by atoms with E-state index in [0.29, 0.717) is 27.3 Å². The summed E-state index contributed by atoms with van der Waals surface area (Å²) in [6, 6.07) is 6.93. The average Bonchev–Trinajstić information content (AvgIpc) is 2.87. The third kappa shape index (κ3) is 5.25. The molecule has 0 aliphatic carbocycles. The molecule has 4 heterocycles. The van der Waals surface area contributed by atoms with Crippen LogP contribution in [0.1, 0.15) is 5.69 Å². The first-order valence-corrected chi connectivity index (χ1v) is 13.2. The number of aliphatic carboxylic acids is 1. The van der Waals surface area contributed by atoms with E-state index in [4.69, 9.17) is 11.5 Å². The minimum absolute atomic E-state index is 0.0216. The molecule has 16 heteroatoms. The second-order valence-electron chi connectivity index (χ2n) is 7.28. The predicted molar refractivity (Wildman–Crippen MR) is 134 cm³/mol. The van der Waals surface area contributed by atoms with Crippen LogP contribution in [0.15, 0.2) is 56.1 Å². The van der Waals surface area contributed by atoms with E-state index in [1.807, 2.05) is 0 Å². The zero-order valence-electron chi connectivity index (χ0n) is 18.4. The van der Waals surface area contributed by atoms with E-state index < -0.39 is 34.9 Å². The molecule has 36 heavy (non-hydrogen) atoms. The number of anilines is 1. The number of hydrogen-bond donors (Lipinski definition) is 5. The molecule has 4 rings (SSSR count). The number of carboxylic acids is 1. The van der Waals surface area contributed by atoms with Crippen LogP contribution in [0.4, 0.5) is 5.82 Å². The van der Waals surface area contributed by atoms with Crippen LogP contribution in [0, 0.1) is 0 Å². The molecule has 2 amide bonds. The fourth-order valence-corrected chi connectivity index (χ4v) is 6.38. The highest BCUT2D eigenvalue weighted by atomic mass is 32.2. The lowest BCUT2D eigenvalue weighted by Crippen LogP contribution is -2.71. The highest BCUT2D eigenvalue weighted by molar-refractivity contribution is 8.06. The van der Waals surface area contributed by atoms with Gasteiger partial charge < -0.3 is 27.1 Å². The number of fused-ring (bicyclic) bond motifs is 1. The number of rotatable bonds is 9. The molecule has 1 fully saturated rings. The van der Waals surface area contributed by atoms with Crippen molar-refractivity contribution in [1.29, 1.82) is 0 Å². The van der Waals surface area contributed by atoms with Crippen LogP contribution in [0.2, 0.25) is 0 Å². The molecule has 2 aromatic rings. The van der Waals surface area contributed by atoms with Gasteiger partial charge in [0, 0.05) is 23.0 Å². The number of hydrogen-bond acceptors (Lipinski definition) is 13. The molecule has 13 nitrogen and oxygen atoms in total. The molecule has 0 bridgehead atoms. The second kappa shape index (κ2) is 11.2. The monoisotopic (exact) mass is 548 g/mol. The van der Waals surface area contributed by atoms with Crippen molar-refractivity contribution >= 4 is 64.6 Å². The third-order valence-electron chi connectivity index (χ3n) is 4.96. The van der Waals surface area contributed by atoms with E-state index in [9.17, 15) is 24.7 Å². The zero-order chi connectivity index (χ0) is 25.8. The number of aromatic nitrogens is 3. The quantitative estimate of drug-likeness (QED) is 0.0931.